The van der Waals surface area contributed by atoms with Gasteiger partial charge in [-0.05, 0) is 30.3 Å². The van der Waals surface area contributed by atoms with Crippen molar-refractivity contribution < 1.29 is 9.18 Å². The molecule has 0 aliphatic rings. The molecule has 0 atom stereocenters. The van der Waals surface area contributed by atoms with Crippen molar-refractivity contribution in [1.29, 1.82) is 0 Å². The summed E-state index contributed by atoms with van der Waals surface area (Å²) in [7, 11) is 1.47. The molecule has 0 spiro atoms. The molecule has 1 amide bonds. The number of anilines is 1. The van der Waals surface area contributed by atoms with Crippen LogP contribution in [-0.2, 0) is 7.05 Å². The Labute approximate surface area is 146 Å². The molecule has 25 heavy (non-hydrogen) atoms. The number of aromatic nitrogens is 4. The molecule has 2 heterocycles. The lowest BCUT2D eigenvalue weighted by Gasteiger charge is -2.06. The van der Waals surface area contributed by atoms with Crippen LogP contribution in [0.1, 0.15) is 10.5 Å². The van der Waals surface area contributed by atoms with Gasteiger partial charge in [-0.1, -0.05) is 11.6 Å². The fourth-order valence-electron chi connectivity index (χ4n) is 2.04. The second kappa shape index (κ2) is 6.78. The monoisotopic (exact) mass is 359 g/mol. The molecule has 1 aromatic carbocycles. The van der Waals surface area contributed by atoms with Crippen LogP contribution in [0.25, 0.3) is 11.3 Å². The second-order valence-corrected chi connectivity index (χ2v) is 5.46. The fraction of sp³-hybridized carbons (Fsp3) is 0.0625. The minimum Gasteiger partial charge on any atom is -0.304 e. The van der Waals surface area contributed by atoms with Crippen molar-refractivity contribution >= 4 is 23.3 Å². The highest BCUT2D eigenvalue weighted by atomic mass is 35.5. The van der Waals surface area contributed by atoms with E-state index < -0.39 is 11.7 Å². The van der Waals surface area contributed by atoms with Crippen molar-refractivity contribution in [1.82, 2.24) is 19.7 Å². The Morgan fingerprint density at radius 2 is 2.00 bits per heavy atom. The van der Waals surface area contributed by atoms with Crippen LogP contribution in [0.2, 0.25) is 5.02 Å². The summed E-state index contributed by atoms with van der Waals surface area (Å²) in [5.74, 6) is -0.863. The number of carbonyl (C=O) groups excluding carboxylic acids is 1. The van der Waals surface area contributed by atoms with Crippen LogP contribution < -0.4 is 10.9 Å². The van der Waals surface area contributed by atoms with E-state index in [4.69, 9.17) is 11.6 Å². The average Bonchev–Trinajstić information content (AvgIpc) is 2.60. The first kappa shape index (κ1) is 16.7. The van der Waals surface area contributed by atoms with Crippen LogP contribution in [-0.4, -0.2) is 25.7 Å². The van der Waals surface area contributed by atoms with E-state index in [-0.39, 0.29) is 22.1 Å². The van der Waals surface area contributed by atoms with Gasteiger partial charge in [0.05, 0.1) is 10.7 Å². The Morgan fingerprint density at radius 3 is 2.72 bits per heavy atom. The summed E-state index contributed by atoms with van der Waals surface area (Å²) in [6.45, 7) is 0. The van der Waals surface area contributed by atoms with Crippen molar-refractivity contribution in [3.05, 3.63) is 69.6 Å². The number of amides is 1. The van der Waals surface area contributed by atoms with Crippen molar-refractivity contribution in [2.45, 2.75) is 0 Å². The maximum Gasteiger partial charge on any atom is 0.275 e. The molecule has 0 saturated heterocycles. The first-order valence-electron chi connectivity index (χ1n) is 7.07. The SMILES string of the molecule is Cn1nc(NC(=O)c2cc(-c3ccc(F)c(Cl)c3)ncn2)ccc1=O. The van der Waals surface area contributed by atoms with E-state index in [0.717, 1.165) is 4.68 Å². The van der Waals surface area contributed by atoms with Gasteiger partial charge >= 0.3 is 0 Å². The normalized spacial score (nSPS) is 10.5. The Hall–Kier alpha value is -3.13. The summed E-state index contributed by atoms with van der Waals surface area (Å²) >= 11 is 5.77. The smallest absolute Gasteiger partial charge is 0.275 e. The van der Waals surface area contributed by atoms with Crippen LogP contribution in [0.15, 0.2) is 47.5 Å². The van der Waals surface area contributed by atoms with E-state index in [9.17, 15) is 14.0 Å². The van der Waals surface area contributed by atoms with Crippen molar-refractivity contribution in [3.63, 3.8) is 0 Å². The average molecular weight is 360 g/mol. The topological polar surface area (TPSA) is 89.8 Å². The van der Waals surface area contributed by atoms with Gasteiger partial charge in [-0.2, -0.15) is 5.10 Å². The van der Waals surface area contributed by atoms with E-state index >= 15 is 0 Å². The number of carbonyl (C=O) groups is 1. The van der Waals surface area contributed by atoms with E-state index in [2.05, 4.69) is 20.4 Å². The van der Waals surface area contributed by atoms with Gasteiger partial charge in [-0.25, -0.2) is 19.0 Å². The molecule has 0 fully saturated rings. The maximum atomic E-state index is 13.3. The Kier molecular flexibility index (Phi) is 4.53. The molecular weight excluding hydrogens is 349 g/mol. The largest absolute Gasteiger partial charge is 0.304 e. The van der Waals surface area contributed by atoms with Crippen molar-refractivity contribution in [2.75, 3.05) is 5.32 Å². The first-order valence-corrected chi connectivity index (χ1v) is 7.45. The number of hydrogen-bond acceptors (Lipinski definition) is 5. The van der Waals surface area contributed by atoms with Gasteiger partial charge in [0, 0.05) is 18.7 Å². The molecule has 0 bridgehead atoms. The third-order valence-electron chi connectivity index (χ3n) is 3.32. The minimum atomic E-state index is -0.543. The quantitative estimate of drug-likeness (QED) is 0.774. The summed E-state index contributed by atoms with van der Waals surface area (Å²) in [5.41, 5.74) is 0.746. The molecule has 1 N–H and O–H groups in total. The maximum absolute atomic E-state index is 13.3. The van der Waals surface area contributed by atoms with Crippen LogP contribution >= 0.6 is 11.6 Å². The number of rotatable bonds is 3. The molecule has 3 aromatic rings. The van der Waals surface area contributed by atoms with E-state index in [1.165, 1.54) is 49.8 Å². The van der Waals surface area contributed by atoms with E-state index in [0.29, 0.717) is 11.3 Å². The molecule has 9 heteroatoms. The number of aryl methyl sites for hydroxylation is 1. The van der Waals surface area contributed by atoms with Gasteiger partial charge in [0.2, 0.25) is 0 Å². The zero-order valence-corrected chi connectivity index (χ0v) is 13.7. The highest BCUT2D eigenvalue weighted by molar-refractivity contribution is 6.31. The second-order valence-electron chi connectivity index (χ2n) is 5.05. The lowest BCUT2D eigenvalue weighted by Crippen LogP contribution is -2.22. The van der Waals surface area contributed by atoms with Crippen LogP contribution in [0.3, 0.4) is 0 Å². The summed E-state index contributed by atoms with van der Waals surface area (Å²) in [5, 5.41) is 6.40. The van der Waals surface area contributed by atoms with E-state index in [1.807, 2.05) is 0 Å². The van der Waals surface area contributed by atoms with Crippen molar-refractivity contribution in [2.24, 2.45) is 7.05 Å². The molecule has 0 saturated carbocycles. The van der Waals surface area contributed by atoms with Gasteiger partial charge in [-0.15, -0.1) is 0 Å². The minimum absolute atomic E-state index is 0.0449. The number of halogens is 2. The molecule has 2 aromatic heterocycles. The first-order chi connectivity index (χ1) is 11.9. The molecule has 0 radical (unpaired) electrons. The molecular formula is C16H11ClFN5O2. The molecule has 126 valence electrons. The van der Waals surface area contributed by atoms with Crippen LogP contribution in [0.5, 0.6) is 0 Å². The van der Waals surface area contributed by atoms with Crippen LogP contribution in [0, 0.1) is 5.82 Å². The fourth-order valence-corrected chi connectivity index (χ4v) is 2.22. The predicted molar refractivity (Wildman–Crippen MR) is 89.9 cm³/mol. The lowest BCUT2D eigenvalue weighted by atomic mass is 10.1. The predicted octanol–water partition coefficient (Wildman–Crippen LogP) is 2.28. The Bertz CT molecular complexity index is 1020. The summed E-state index contributed by atoms with van der Waals surface area (Å²) in [6, 6.07) is 8.25. The molecule has 0 aliphatic heterocycles. The van der Waals surface area contributed by atoms with E-state index in [1.54, 1.807) is 0 Å². The molecule has 3 rings (SSSR count). The van der Waals surface area contributed by atoms with Gasteiger partial charge in [-0.3, -0.25) is 9.59 Å². The highest BCUT2D eigenvalue weighted by Gasteiger charge is 2.12. The van der Waals surface area contributed by atoms with Gasteiger partial charge in [0.1, 0.15) is 17.8 Å². The Morgan fingerprint density at radius 1 is 1.20 bits per heavy atom. The number of nitrogens with zero attached hydrogens (tertiary/aromatic N) is 4. The standard InChI is InChI=1S/C16H11ClFN5O2/c1-23-15(24)5-4-14(22-23)21-16(25)13-7-12(19-8-20-13)9-2-3-11(18)10(17)6-9/h2-8H,1H3,(H,21,22,25). The van der Waals surface area contributed by atoms with Gasteiger partial charge in [0.25, 0.3) is 11.5 Å². The Balaban J connectivity index is 1.87. The number of nitrogens with one attached hydrogen (secondary N) is 1. The van der Waals surface area contributed by atoms with Gasteiger partial charge < -0.3 is 5.32 Å². The molecule has 0 unspecified atom stereocenters. The number of benzene rings is 1. The highest BCUT2D eigenvalue weighted by Crippen LogP contribution is 2.23. The van der Waals surface area contributed by atoms with Crippen LogP contribution in [0.4, 0.5) is 10.2 Å². The summed E-state index contributed by atoms with van der Waals surface area (Å²) in [6.07, 6.45) is 1.22. The molecule has 0 aliphatic carbocycles. The number of hydrogen-bond donors (Lipinski definition) is 1. The summed E-state index contributed by atoms with van der Waals surface area (Å²) in [4.78, 5) is 31.6. The third kappa shape index (κ3) is 3.69. The molecule has 7 nitrogen and oxygen atoms in total. The van der Waals surface area contributed by atoms with Gasteiger partial charge in [0.15, 0.2) is 5.82 Å². The zero-order valence-electron chi connectivity index (χ0n) is 12.9. The zero-order chi connectivity index (χ0) is 18.0. The third-order valence-corrected chi connectivity index (χ3v) is 3.61. The van der Waals surface area contributed by atoms with Crippen molar-refractivity contribution in [3.8, 4) is 11.3 Å². The lowest BCUT2D eigenvalue weighted by molar-refractivity contribution is 0.102. The summed E-state index contributed by atoms with van der Waals surface area (Å²) < 4.78 is 14.4.